The molecule has 9 nitrogen and oxygen atoms in total. The molecule has 3 aromatic heterocycles. The summed E-state index contributed by atoms with van der Waals surface area (Å²) in [6.07, 6.45) is 1.24. The first kappa shape index (κ1) is 23.9. The molecule has 0 aliphatic carbocycles. The van der Waals surface area contributed by atoms with Gasteiger partial charge in [-0.25, -0.2) is 13.4 Å². The molecule has 35 heavy (non-hydrogen) atoms. The highest BCUT2D eigenvalue weighted by Gasteiger charge is 2.34. The van der Waals surface area contributed by atoms with E-state index >= 15 is 0 Å². The monoisotopic (exact) mass is 531 g/mol. The number of nitrogens with one attached hydrogen (secondary N) is 1. The van der Waals surface area contributed by atoms with Crippen molar-refractivity contribution in [1.82, 2.24) is 19.1 Å². The average Bonchev–Trinajstić information content (AvgIpc) is 3.59. The average molecular weight is 532 g/mol. The fraction of sp³-hybridized carbons (Fsp3) is 0.348. The van der Waals surface area contributed by atoms with Gasteiger partial charge in [-0.15, -0.1) is 11.3 Å². The van der Waals surface area contributed by atoms with Crippen LogP contribution in [0.5, 0.6) is 5.75 Å². The summed E-state index contributed by atoms with van der Waals surface area (Å²) in [6.45, 7) is 4.87. The van der Waals surface area contributed by atoms with Gasteiger partial charge in [-0.3, -0.25) is 4.79 Å². The van der Waals surface area contributed by atoms with Gasteiger partial charge in [0.15, 0.2) is 0 Å². The second-order valence-corrected chi connectivity index (χ2v) is 12.4. The number of thiazole rings is 1. The molecule has 1 N–H and O–H groups in total. The van der Waals surface area contributed by atoms with E-state index in [1.807, 2.05) is 32.0 Å². The number of hydrogen-bond acceptors (Lipinski definition) is 8. The predicted molar refractivity (Wildman–Crippen MR) is 137 cm³/mol. The molecular weight excluding hydrogens is 506 g/mol. The maximum atomic E-state index is 13.2. The van der Waals surface area contributed by atoms with Gasteiger partial charge in [0, 0.05) is 19.2 Å². The number of aryl methyl sites for hydroxylation is 1. The van der Waals surface area contributed by atoms with Crippen LogP contribution in [0.1, 0.15) is 25.5 Å². The van der Waals surface area contributed by atoms with Gasteiger partial charge in [0.1, 0.15) is 21.3 Å². The highest BCUT2D eigenvalue weighted by atomic mass is 32.2. The largest absolute Gasteiger partial charge is 0.492 e. The van der Waals surface area contributed by atoms with Gasteiger partial charge in [0.05, 0.1) is 22.9 Å². The molecule has 4 heterocycles. The molecule has 4 aromatic rings. The summed E-state index contributed by atoms with van der Waals surface area (Å²) in [5.41, 5.74) is 1.48. The molecule has 0 radical (unpaired) electrons. The molecule has 1 saturated heterocycles. The van der Waals surface area contributed by atoms with Crippen molar-refractivity contribution in [1.29, 1.82) is 0 Å². The van der Waals surface area contributed by atoms with Crippen LogP contribution in [0.15, 0.2) is 46.0 Å². The third-order valence-electron chi connectivity index (χ3n) is 5.78. The summed E-state index contributed by atoms with van der Waals surface area (Å²) in [6, 6.07) is 10.9. The Balaban J connectivity index is 1.38. The number of hydrogen-bond donors (Lipinski definition) is 1. The third-order valence-corrected chi connectivity index (χ3v) is 10.0. The van der Waals surface area contributed by atoms with E-state index in [2.05, 4.69) is 10.4 Å². The van der Waals surface area contributed by atoms with Gasteiger partial charge in [-0.2, -0.15) is 14.1 Å². The number of carbonyl (C=O) groups is 1. The third kappa shape index (κ3) is 4.70. The molecule has 1 aliphatic rings. The van der Waals surface area contributed by atoms with Gasteiger partial charge in [0.25, 0.3) is 10.0 Å². The Morgan fingerprint density at radius 2 is 2.14 bits per heavy atom. The summed E-state index contributed by atoms with van der Waals surface area (Å²) in [7, 11) is -3.59. The van der Waals surface area contributed by atoms with Crippen LogP contribution in [0.2, 0.25) is 0 Å². The Labute approximate surface area is 211 Å². The van der Waals surface area contributed by atoms with E-state index in [-0.39, 0.29) is 12.5 Å². The molecular formula is C23H25N5O4S3. The van der Waals surface area contributed by atoms with Crippen LogP contribution in [-0.4, -0.2) is 53.1 Å². The Hall–Kier alpha value is -2.80. The molecule has 0 saturated carbocycles. The van der Waals surface area contributed by atoms with Gasteiger partial charge in [-0.05, 0) is 50.3 Å². The molecule has 1 unspecified atom stereocenters. The van der Waals surface area contributed by atoms with Gasteiger partial charge in [-0.1, -0.05) is 23.5 Å². The molecule has 0 spiro atoms. The summed E-state index contributed by atoms with van der Waals surface area (Å²) >= 11 is 2.64. The van der Waals surface area contributed by atoms with Crippen LogP contribution in [0.3, 0.4) is 0 Å². The van der Waals surface area contributed by atoms with Crippen molar-refractivity contribution >= 4 is 54.6 Å². The van der Waals surface area contributed by atoms with E-state index in [1.54, 1.807) is 28.3 Å². The molecule has 1 aromatic carbocycles. The number of thiophene rings is 1. The minimum Gasteiger partial charge on any atom is -0.492 e. The second-order valence-electron chi connectivity index (χ2n) is 8.24. The number of amides is 1. The number of benzene rings is 1. The minimum absolute atomic E-state index is 0.151. The fourth-order valence-electron chi connectivity index (χ4n) is 4.15. The first-order chi connectivity index (χ1) is 16.9. The van der Waals surface area contributed by atoms with Crippen molar-refractivity contribution in [2.24, 2.45) is 5.92 Å². The molecule has 1 fully saturated rings. The predicted octanol–water partition coefficient (Wildman–Crippen LogP) is 4.29. The fourth-order valence-corrected chi connectivity index (χ4v) is 7.77. The molecule has 184 valence electrons. The summed E-state index contributed by atoms with van der Waals surface area (Å²) in [5.74, 6) is 0.523. The first-order valence-electron chi connectivity index (χ1n) is 11.3. The minimum atomic E-state index is -3.59. The zero-order valence-electron chi connectivity index (χ0n) is 19.3. The number of anilines is 1. The summed E-state index contributed by atoms with van der Waals surface area (Å²) in [5, 5.41) is 9.86. The quantitative estimate of drug-likeness (QED) is 0.381. The molecule has 12 heteroatoms. The highest BCUT2D eigenvalue weighted by Crippen LogP contribution is 2.33. The number of para-hydroxylation sites is 1. The maximum Gasteiger partial charge on any atom is 0.252 e. The maximum absolute atomic E-state index is 13.2. The van der Waals surface area contributed by atoms with Crippen LogP contribution in [0.25, 0.3) is 15.3 Å². The lowest BCUT2D eigenvalue weighted by atomic mass is 9.99. The van der Waals surface area contributed by atoms with E-state index in [1.165, 1.54) is 27.0 Å². The van der Waals surface area contributed by atoms with E-state index in [4.69, 9.17) is 9.72 Å². The zero-order chi connectivity index (χ0) is 24.6. The van der Waals surface area contributed by atoms with Crippen molar-refractivity contribution in [2.75, 3.05) is 25.0 Å². The molecule has 1 aliphatic heterocycles. The molecule has 0 bridgehead atoms. The van der Waals surface area contributed by atoms with Crippen molar-refractivity contribution < 1.29 is 17.9 Å². The lowest BCUT2D eigenvalue weighted by molar-refractivity contribution is -0.120. The number of ether oxygens (including phenoxy) is 1. The van der Waals surface area contributed by atoms with Gasteiger partial charge >= 0.3 is 0 Å². The number of sulfonamides is 1. The number of fused-ring (bicyclic) bond motifs is 1. The van der Waals surface area contributed by atoms with E-state index in [0.29, 0.717) is 46.9 Å². The number of aromatic nitrogens is 3. The van der Waals surface area contributed by atoms with Gasteiger partial charge < -0.3 is 10.1 Å². The zero-order valence-corrected chi connectivity index (χ0v) is 21.8. The standard InChI is InChI=1S/C23H25N5O4S3/c1-3-32-17-8-4-9-18-21(17)25-23(34-18)28-19(13-15(2)26-28)24-22(29)16-7-5-11-27(14-16)35(30,31)20-10-6-12-33-20/h4,6,8-10,12-13,16H,3,5,7,11,14H2,1-2H3,(H,24,29). The lowest BCUT2D eigenvalue weighted by Gasteiger charge is -2.30. The summed E-state index contributed by atoms with van der Waals surface area (Å²) in [4.78, 5) is 17.9. The normalized spacial score (nSPS) is 17.0. The van der Waals surface area contributed by atoms with Crippen molar-refractivity contribution in [3.05, 3.63) is 47.5 Å². The van der Waals surface area contributed by atoms with Crippen molar-refractivity contribution in [2.45, 2.75) is 30.9 Å². The van der Waals surface area contributed by atoms with E-state index in [9.17, 15) is 13.2 Å². The smallest absolute Gasteiger partial charge is 0.252 e. The molecule has 1 amide bonds. The highest BCUT2D eigenvalue weighted by molar-refractivity contribution is 7.91. The van der Waals surface area contributed by atoms with Crippen molar-refractivity contribution in [3.63, 3.8) is 0 Å². The van der Waals surface area contributed by atoms with Crippen molar-refractivity contribution in [3.8, 4) is 10.9 Å². The first-order valence-corrected chi connectivity index (χ1v) is 14.4. The number of piperidine rings is 1. The lowest BCUT2D eigenvalue weighted by Crippen LogP contribution is -2.43. The topological polar surface area (TPSA) is 106 Å². The van der Waals surface area contributed by atoms with Crippen LogP contribution >= 0.6 is 22.7 Å². The Kier molecular flexibility index (Phi) is 6.62. The van der Waals surface area contributed by atoms with Gasteiger partial charge in [0.2, 0.25) is 11.0 Å². The number of nitrogens with zero attached hydrogens (tertiary/aromatic N) is 4. The van der Waals surface area contributed by atoms with E-state index < -0.39 is 15.9 Å². The van der Waals surface area contributed by atoms with Crippen LogP contribution < -0.4 is 10.1 Å². The number of rotatable bonds is 7. The molecule has 5 rings (SSSR count). The Bertz CT molecular complexity index is 1460. The molecule has 1 atom stereocenters. The Morgan fingerprint density at radius 1 is 1.29 bits per heavy atom. The summed E-state index contributed by atoms with van der Waals surface area (Å²) < 4.78 is 35.9. The van der Waals surface area contributed by atoms with Crippen LogP contribution in [0, 0.1) is 12.8 Å². The number of carbonyl (C=O) groups excluding carboxylic acids is 1. The van der Waals surface area contributed by atoms with Crippen LogP contribution in [0.4, 0.5) is 5.82 Å². The SMILES string of the molecule is CCOc1cccc2sc(-n3nc(C)cc3NC(=O)C3CCCN(S(=O)(=O)c4cccs4)C3)nc12. The Morgan fingerprint density at radius 3 is 2.91 bits per heavy atom. The van der Waals surface area contributed by atoms with E-state index in [0.717, 1.165) is 15.9 Å². The van der Waals surface area contributed by atoms with Crippen LogP contribution in [-0.2, 0) is 14.8 Å². The second kappa shape index (κ2) is 9.69.